The lowest BCUT2D eigenvalue weighted by Gasteiger charge is -2.03. The highest BCUT2D eigenvalue weighted by molar-refractivity contribution is 9.10. The quantitative estimate of drug-likeness (QED) is 0.634. The lowest BCUT2D eigenvalue weighted by Crippen LogP contribution is -1.86. The van der Waals surface area contributed by atoms with E-state index in [0.29, 0.717) is 0 Å². The molecule has 15 heavy (non-hydrogen) atoms. The third-order valence-corrected chi connectivity index (χ3v) is 3.34. The van der Waals surface area contributed by atoms with Crippen LogP contribution in [-0.4, -0.2) is 15.7 Å². The summed E-state index contributed by atoms with van der Waals surface area (Å²) in [7, 11) is 0. The minimum absolute atomic E-state index is 0.886. The average molecular weight is 281 g/mol. The molecule has 2 heterocycles. The van der Waals surface area contributed by atoms with Crippen molar-refractivity contribution in [2.75, 3.05) is 5.75 Å². The summed E-state index contributed by atoms with van der Waals surface area (Å²) in [6.45, 7) is 3.71. The number of rotatable bonds is 3. The van der Waals surface area contributed by atoms with Crippen molar-refractivity contribution in [2.24, 2.45) is 0 Å². The van der Waals surface area contributed by atoms with Crippen molar-refractivity contribution in [3.8, 4) is 0 Å². The minimum Gasteiger partial charge on any atom is -0.254 e. The summed E-state index contributed by atoms with van der Waals surface area (Å²) in [5.41, 5.74) is 1.87. The van der Waals surface area contributed by atoms with Crippen LogP contribution in [0.3, 0.4) is 0 Å². The SMILES string of the molecule is C=CCSc1ccnc2cc(Br)cnc12. The number of hydrogen-bond acceptors (Lipinski definition) is 3. The number of fused-ring (bicyclic) bond motifs is 1. The van der Waals surface area contributed by atoms with Gasteiger partial charge in [0.1, 0.15) is 5.52 Å². The van der Waals surface area contributed by atoms with Crippen LogP contribution >= 0.6 is 27.7 Å². The Balaban J connectivity index is 2.50. The van der Waals surface area contributed by atoms with E-state index in [1.165, 1.54) is 0 Å². The van der Waals surface area contributed by atoms with Crippen molar-refractivity contribution in [3.63, 3.8) is 0 Å². The van der Waals surface area contributed by atoms with Crippen LogP contribution in [0.15, 0.2) is 46.5 Å². The summed E-state index contributed by atoms with van der Waals surface area (Å²) in [5, 5.41) is 0. The lowest BCUT2D eigenvalue weighted by molar-refractivity contribution is 1.27. The number of thioether (sulfide) groups is 1. The number of aromatic nitrogens is 2. The van der Waals surface area contributed by atoms with Gasteiger partial charge < -0.3 is 0 Å². The van der Waals surface area contributed by atoms with E-state index in [1.807, 2.05) is 24.4 Å². The van der Waals surface area contributed by atoms with Gasteiger partial charge in [-0.2, -0.15) is 0 Å². The minimum atomic E-state index is 0.886. The molecule has 0 amide bonds. The van der Waals surface area contributed by atoms with E-state index in [2.05, 4.69) is 32.5 Å². The van der Waals surface area contributed by atoms with Crippen molar-refractivity contribution in [1.82, 2.24) is 9.97 Å². The van der Waals surface area contributed by atoms with Gasteiger partial charge in [0, 0.05) is 27.5 Å². The highest BCUT2D eigenvalue weighted by Gasteiger charge is 2.03. The molecule has 0 fully saturated rings. The number of halogens is 1. The molecule has 4 heteroatoms. The maximum atomic E-state index is 4.37. The first-order valence-corrected chi connectivity index (χ1v) is 6.23. The predicted molar refractivity (Wildman–Crippen MR) is 68.2 cm³/mol. The summed E-state index contributed by atoms with van der Waals surface area (Å²) in [5.74, 6) is 0.886. The van der Waals surface area contributed by atoms with E-state index in [9.17, 15) is 0 Å². The summed E-state index contributed by atoms with van der Waals surface area (Å²) < 4.78 is 0.952. The van der Waals surface area contributed by atoms with E-state index in [0.717, 1.165) is 26.2 Å². The first kappa shape index (κ1) is 10.6. The average Bonchev–Trinajstić information content (AvgIpc) is 2.25. The van der Waals surface area contributed by atoms with Crippen LogP contribution in [0.4, 0.5) is 0 Å². The van der Waals surface area contributed by atoms with Crippen LogP contribution < -0.4 is 0 Å². The van der Waals surface area contributed by atoms with Crippen LogP contribution in [0, 0.1) is 0 Å². The Bertz CT molecular complexity index is 499. The Kier molecular flexibility index (Phi) is 3.38. The zero-order chi connectivity index (χ0) is 10.7. The molecule has 0 bridgehead atoms. The molecular formula is C11H9BrN2S. The Labute approximate surface area is 101 Å². The second-order valence-corrected chi connectivity index (χ2v) is 4.91. The van der Waals surface area contributed by atoms with Gasteiger partial charge in [-0.1, -0.05) is 6.08 Å². The Hall–Kier alpha value is -0.870. The fourth-order valence-electron chi connectivity index (χ4n) is 1.25. The van der Waals surface area contributed by atoms with Crippen LogP contribution in [0.5, 0.6) is 0 Å². The highest BCUT2D eigenvalue weighted by atomic mass is 79.9. The van der Waals surface area contributed by atoms with Gasteiger partial charge in [0.2, 0.25) is 0 Å². The third kappa shape index (κ3) is 2.38. The molecule has 0 aromatic carbocycles. The number of nitrogens with zero attached hydrogens (tertiary/aromatic N) is 2. The van der Waals surface area contributed by atoms with E-state index in [4.69, 9.17) is 0 Å². The summed E-state index contributed by atoms with van der Waals surface area (Å²) in [6, 6.07) is 3.96. The summed E-state index contributed by atoms with van der Waals surface area (Å²) in [6.07, 6.45) is 5.49. The molecular weight excluding hydrogens is 272 g/mol. The largest absolute Gasteiger partial charge is 0.254 e. The highest BCUT2D eigenvalue weighted by Crippen LogP contribution is 2.26. The Morgan fingerprint density at radius 3 is 3.13 bits per heavy atom. The van der Waals surface area contributed by atoms with Gasteiger partial charge >= 0.3 is 0 Å². The molecule has 2 nitrogen and oxygen atoms in total. The van der Waals surface area contributed by atoms with Crippen molar-refractivity contribution >= 4 is 38.7 Å². The fraction of sp³-hybridized carbons (Fsp3) is 0.0909. The molecule has 76 valence electrons. The first-order valence-electron chi connectivity index (χ1n) is 4.45. The van der Waals surface area contributed by atoms with Gasteiger partial charge in [0.05, 0.1) is 5.52 Å². The van der Waals surface area contributed by atoms with E-state index < -0.39 is 0 Å². The zero-order valence-electron chi connectivity index (χ0n) is 7.98. The molecule has 0 aliphatic carbocycles. The van der Waals surface area contributed by atoms with Crippen LogP contribution in [-0.2, 0) is 0 Å². The first-order chi connectivity index (χ1) is 7.31. The molecule has 2 aromatic heterocycles. The number of pyridine rings is 2. The Morgan fingerprint density at radius 1 is 1.47 bits per heavy atom. The molecule has 0 radical (unpaired) electrons. The lowest BCUT2D eigenvalue weighted by atomic mass is 10.3. The monoisotopic (exact) mass is 280 g/mol. The number of hydrogen-bond donors (Lipinski definition) is 0. The van der Waals surface area contributed by atoms with E-state index in [1.54, 1.807) is 18.0 Å². The van der Waals surface area contributed by atoms with E-state index in [-0.39, 0.29) is 0 Å². The summed E-state index contributed by atoms with van der Waals surface area (Å²) >= 11 is 5.10. The van der Waals surface area contributed by atoms with Crippen molar-refractivity contribution < 1.29 is 0 Å². The van der Waals surface area contributed by atoms with Crippen molar-refractivity contribution in [2.45, 2.75) is 4.90 Å². The smallest absolute Gasteiger partial charge is 0.102 e. The van der Waals surface area contributed by atoms with Gasteiger partial charge in [0.25, 0.3) is 0 Å². The molecule has 0 N–H and O–H groups in total. The molecule has 0 spiro atoms. The van der Waals surface area contributed by atoms with E-state index >= 15 is 0 Å². The maximum absolute atomic E-state index is 4.37. The van der Waals surface area contributed by atoms with Crippen LogP contribution in [0.2, 0.25) is 0 Å². The predicted octanol–water partition coefficient (Wildman–Crippen LogP) is 3.67. The standard InChI is InChI=1S/C11H9BrN2S/c1-2-5-15-10-3-4-13-9-6-8(12)7-14-11(9)10/h2-4,6-7H,1,5H2. The molecule has 0 atom stereocenters. The van der Waals surface area contributed by atoms with Gasteiger partial charge in [-0.25, -0.2) is 0 Å². The topological polar surface area (TPSA) is 25.8 Å². The molecule has 0 aliphatic rings. The second-order valence-electron chi connectivity index (χ2n) is 2.93. The second kappa shape index (κ2) is 4.77. The summed E-state index contributed by atoms with van der Waals surface area (Å²) in [4.78, 5) is 9.79. The Morgan fingerprint density at radius 2 is 2.33 bits per heavy atom. The maximum Gasteiger partial charge on any atom is 0.102 e. The zero-order valence-corrected chi connectivity index (χ0v) is 10.4. The van der Waals surface area contributed by atoms with Crippen molar-refractivity contribution in [3.05, 3.63) is 41.7 Å². The van der Waals surface area contributed by atoms with Gasteiger partial charge in [-0.3, -0.25) is 9.97 Å². The van der Waals surface area contributed by atoms with Crippen molar-refractivity contribution in [1.29, 1.82) is 0 Å². The van der Waals surface area contributed by atoms with Crippen LogP contribution in [0.25, 0.3) is 11.0 Å². The third-order valence-electron chi connectivity index (χ3n) is 1.86. The molecule has 0 saturated carbocycles. The van der Waals surface area contributed by atoms with Gasteiger partial charge in [-0.15, -0.1) is 18.3 Å². The molecule has 2 aromatic rings. The van der Waals surface area contributed by atoms with Crippen LogP contribution in [0.1, 0.15) is 0 Å². The normalized spacial score (nSPS) is 10.5. The molecule has 0 saturated heterocycles. The van der Waals surface area contributed by atoms with Gasteiger partial charge in [0.15, 0.2) is 0 Å². The molecule has 2 rings (SSSR count). The fourth-order valence-corrected chi connectivity index (χ4v) is 2.31. The van der Waals surface area contributed by atoms with Gasteiger partial charge in [-0.05, 0) is 28.1 Å². The molecule has 0 unspecified atom stereocenters. The molecule has 0 aliphatic heterocycles.